The summed E-state index contributed by atoms with van der Waals surface area (Å²) in [6.07, 6.45) is -2.18. The minimum atomic E-state index is -4.79. The first-order valence-electron chi connectivity index (χ1n) is 9.87. The third kappa shape index (κ3) is 6.24. The van der Waals surface area contributed by atoms with Gasteiger partial charge in [-0.1, -0.05) is 23.5 Å². The minimum Gasteiger partial charge on any atom is -0.406 e. The lowest BCUT2D eigenvalue weighted by Crippen LogP contribution is -2.16. The number of fused-ring (bicyclic) bond motifs is 1. The van der Waals surface area contributed by atoms with Crippen molar-refractivity contribution in [2.24, 2.45) is 0 Å². The van der Waals surface area contributed by atoms with Crippen LogP contribution in [0.1, 0.15) is 16.1 Å². The van der Waals surface area contributed by atoms with Crippen molar-refractivity contribution in [2.75, 3.05) is 10.6 Å². The smallest absolute Gasteiger partial charge is 0.406 e. The largest absolute Gasteiger partial charge is 0.573 e. The number of carbonyl (C=O) groups is 2. The number of carbonyl (C=O) groups excluding carboxylic acids is 2. The molecule has 184 valence electrons. The van der Waals surface area contributed by atoms with Crippen molar-refractivity contribution < 1.29 is 36.8 Å². The summed E-state index contributed by atoms with van der Waals surface area (Å²) >= 11 is 1.14. The molecule has 2 heterocycles. The van der Waals surface area contributed by atoms with Crippen molar-refractivity contribution in [3.8, 4) is 5.75 Å². The predicted octanol–water partition coefficient (Wildman–Crippen LogP) is 5.60. The number of rotatable bonds is 7. The second-order valence-corrected chi connectivity index (χ2v) is 8.02. The van der Waals surface area contributed by atoms with E-state index in [1.54, 1.807) is 18.2 Å². The highest BCUT2D eigenvalue weighted by atomic mass is 32.1. The Kier molecular flexibility index (Phi) is 6.69. The fourth-order valence-electron chi connectivity index (χ4n) is 2.90. The number of amides is 2. The van der Waals surface area contributed by atoms with Crippen LogP contribution in [0.3, 0.4) is 0 Å². The van der Waals surface area contributed by atoms with Crippen LogP contribution in [-0.4, -0.2) is 28.1 Å². The number of alkyl halides is 3. The molecule has 14 heteroatoms. The molecule has 0 aliphatic rings. The highest BCUT2D eigenvalue weighted by molar-refractivity contribution is 7.22. The zero-order chi connectivity index (χ0) is 25.9. The first-order valence-corrected chi connectivity index (χ1v) is 10.7. The Morgan fingerprint density at radius 1 is 1.08 bits per heavy atom. The first kappa shape index (κ1) is 24.4. The van der Waals surface area contributed by atoms with Crippen LogP contribution >= 0.6 is 11.3 Å². The quantitative estimate of drug-likeness (QED) is 0.185. The van der Waals surface area contributed by atoms with E-state index in [1.807, 2.05) is 0 Å². The Morgan fingerprint density at radius 2 is 1.83 bits per heavy atom. The normalized spacial score (nSPS) is 11.5. The van der Waals surface area contributed by atoms with Gasteiger partial charge in [0.05, 0.1) is 16.3 Å². The summed E-state index contributed by atoms with van der Waals surface area (Å²) in [5.41, 5.74) is 1.41. The molecule has 2 amide bonds. The van der Waals surface area contributed by atoms with E-state index >= 15 is 0 Å². The van der Waals surface area contributed by atoms with E-state index in [4.69, 9.17) is 4.42 Å². The molecule has 4 aromatic rings. The fraction of sp³-hybridized carbons (Fsp3) is 0.0455. The van der Waals surface area contributed by atoms with Crippen molar-refractivity contribution in [3.05, 3.63) is 82.1 Å². The van der Waals surface area contributed by atoms with E-state index in [-0.39, 0.29) is 16.6 Å². The number of furan rings is 1. The second kappa shape index (κ2) is 9.87. The third-order valence-corrected chi connectivity index (χ3v) is 5.35. The van der Waals surface area contributed by atoms with Crippen molar-refractivity contribution in [3.63, 3.8) is 0 Å². The molecule has 10 nitrogen and oxygen atoms in total. The van der Waals surface area contributed by atoms with Crippen molar-refractivity contribution >= 4 is 56.1 Å². The molecule has 0 bridgehead atoms. The monoisotopic (exact) mass is 518 g/mol. The maximum atomic E-state index is 12.2. The molecular weight excluding hydrogens is 505 g/mol. The number of halogens is 3. The number of benzene rings is 2. The summed E-state index contributed by atoms with van der Waals surface area (Å²) in [5, 5.41) is 16.1. The molecule has 0 radical (unpaired) electrons. The van der Waals surface area contributed by atoms with Gasteiger partial charge >= 0.3 is 12.2 Å². The average Bonchev–Trinajstić information content (AvgIpc) is 3.44. The van der Waals surface area contributed by atoms with Crippen LogP contribution in [0, 0.1) is 10.1 Å². The molecule has 0 spiro atoms. The van der Waals surface area contributed by atoms with Crippen LogP contribution in [-0.2, 0) is 4.79 Å². The first-order chi connectivity index (χ1) is 17.1. The standard InChI is InChI=1S/C22H13F3N4O6S/c23-22(24,25)35-14-5-1-12(2-6-14)3-9-18(30)28-21-27-15-7-4-13(11-17(15)36-21)26-20(31)16-8-10-19(34-16)29(32)33/h1-11H,(H,26,31)(H,27,28,30). The summed E-state index contributed by atoms with van der Waals surface area (Å²) in [7, 11) is 0. The highest BCUT2D eigenvalue weighted by Gasteiger charge is 2.30. The van der Waals surface area contributed by atoms with Gasteiger partial charge in [0, 0.05) is 11.8 Å². The molecule has 0 saturated heterocycles. The predicted molar refractivity (Wildman–Crippen MR) is 124 cm³/mol. The molecule has 2 N–H and O–H groups in total. The van der Waals surface area contributed by atoms with E-state index in [9.17, 15) is 32.9 Å². The second-order valence-electron chi connectivity index (χ2n) is 6.99. The zero-order valence-electron chi connectivity index (χ0n) is 17.7. The number of nitrogens with one attached hydrogen (secondary N) is 2. The van der Waals surface area contributed by atoms with E-state index < -0.39 is 29.0 Å². The Balaban J connectivity index is 1.38. The van der Waals surface area contributed by atoms with Gasteiger partial charge in [0.2, 0.25) is 5.91 Å². The Labute approximate surface area is 203 Å². The van der Waals surface area contributed by atoms with E-state index in [0.29, 0.717) is 21.5 Å². The summed E-state index contributed by atoms with van der Waals surface area (Å²) in [6, 6.07) is 12.0. The van der Waals surface area contributed by atoms with Gasteiger partial charge in [0.1, 0.15) is 10.7 Å². The molecule has 0 fully saturated rings. The SMILES string of the molecule is O=C(C=Cc1ccc(OC(F)(F)F)cc1)Nc1nc2ccc(NC(=O)c3ccc([N+](=O)[O-])o3)cc2s1. The number of aromatic nitrogens is 1. The molecular formula is C22H13F3N4O6S. The van der Waals surface area contributed by atoms with Gasteiger partial charge < -0.3 is 14.5 Å². The lowest BCUT2D eigenvalue weighted by atomic mass is 10.2. The van der Waals surface area contributed by atoms with Gasteiger partial charge in [-0.2, -0.15) is 0 Å². The minimum absolute atomic E-state index is 0.228. The number of ether oxygens (including phenoxy) is 1. The van der Waals surface area contributed by atoms with Crippen LogP contribution in [0.2, 0.25) is 0 Å². The van der Waals surface area contributed by atoms with Gasteiger partial charge in [-0.25, -0.2) is 4.98 Å². The molecule has 0 atom stereocenters. The number of anilines is 2. The van der Waals surface area contributed by atoms with Gasteiger partial charge in [-0.15, -0.1) is 13.2 Å². The van der Waals surface area contributed by atoms with Crippen molar-refractivity contribution in [2.45, 2.75) is 6.36 Å². The summed E-state index contributed by atoms with van der Waals surface area (Å²) in [4.78, 5) is 38.7. The number of nitrogens with zero attached hydrogens (tertiary/aromatic N) is 2. The van der Waals surface area contributed by atoms with Gasteiger partial charge in [0.25, 0.3) is 5.91 Å². The van der Waals surface area contributed by atoms with Gasteiger partial charge in [0.15, 0.2) is 10.9 Å². The fourth-order valence-corrected chi connectivity index (χ4v) is 3.80. The Hall–Kier alpha value is -4.72. The summed E-state index contributed by atoms with van der Waals surface area (Å²) in [5.74, 6) is -2.35. The Bertz CT molecular complexity index is 1480. The van der Waals surface area contributed by atoms with Gasteiger partial charge in [-0.3, -0.25) is 25.0 Å². The molecule has 0 unspecified atom stereocenters. The maximum absolute atomic E-state index is 12.2. The van der Waals surface area contributed by atoms with E-state index in [1.165, 1.54) is 30.4 Å². The zero-order valence-corrected chi connectivity index (χ0v) is 18.6. The lowest BCUT2D eigenvalue weighted by molar-refractivity contribution is -0.402. The molecule has 2 aromatic heterocycles. The maximum Gasteiger partial charge on any atom is 0.573 e. The van der Waals surface area contributed by atoms with E-state index in [2.05, 4.69) is 20.4 Å². The molecule has 2 aromatic carbocycles. The molecule has 36 heavy (non-hydrogen) atoms. The van der Waals surface area contributed by atoms with Crippen LogP contribution < -0.4 is 15.4 Å². The molecule has 0 aliphatic heterocycles. The Morgan fingerprint density at radius 3 is 2.50 bits per heavy atom. The summed E-state index contributed by atoms with van der Waals surface area (Å²) < 4.78 is 45.9. The molecule has 0 aliphatic carbocycles. The number of hydrogen-bond acceptors (Lipinski definition) is 8. The molecule has 0 saturated carbocycles. The summed E-state index contributed by atoms with van der Waals surface area (Å²) in [6.45, 7) is 0. The van der Waals surface area contributed by atoms with Crippen molar-refractivity contribution in [1.29, 1.82) is 0 Å². The number of nitro groups is 1. The number of hydrogen-bond donors (Lipinski definition) is 2. The highest BCUT2D eigenvalue weighted by Crippen LogP contribution is 2.29. The lowest BCUT2D eigenvalue weighted by Gasteiger charge is -2.08. The topological polar surface area (TPSA) is 137 Å². The van der Waals surface area contributed by atoms with E-state index in [0.717, 1.165) is 29.5 Å². The van der Waals surface area contributed by atoms with Crippen LogP contribution in [0.25, 0.3) is 16.3 Å². The van der Waals surface area contributed by atoms with Crippen LogP contribution in [0.5, 0.6) is 5.75 Å². The molecule has 4 rings (SSSR count). The van der Waals surface area contributed by atoms with Crippen LogP contribution in [0.15, 0.2) is 65.1 Å². The van der Waals surface area contributed by atoms with Gasteiger partial charge in [-0.05, 0) is 48.0 Å². The average molecular weight is 518 g/mol. The third-order valence-electron chi connectivity index (χ3n) is 4.41. The number of thiazole rings is 1. The van der Waals surface area contributed by atoms with Crippen LogP contribution in [0.4, 0.5) is 29.9 Å². The van der Waals surface area contributed by atoms with Crippen molar-refractivity contribution in [1.82, 2.24) is 4.98 Å².